The van der Waals surface area contributed by atoms with E-state index < -0.39 is 6.03 Å². The average Bonchev–Trinajstić information content (AvgIpc) is 2.43. The van der Waals surface area contributed by atoms with E-state index in [4.69, 9.17) is 5.73 Å². The van der Waals surface area contributed by atoms with Crippen LogP contribution in [0.2, 0.25) is 0 Å². The second kappa shape index (κ2) is 7.24. The van der Waals surface area contributed by atoms with Crippen molar-refractivity contribution in [1.29, 1.82) is 0 Å². The van der Waals surface area contributed by atoms with E-state index in [0.717, 1.165) is 32.2 Å². The van der Waals surface area contributed by atoms with Gasteiger partial charge < -0.3 is 16.4 Å². The largest absolute Gasteiger partial charge is 0.352 e. The highest BCUT2D eigenvalue weighted by atomic mass is 19.1. The average molecular weight is 279 g/mol. The van der Waals surface area contributed by atoms with Crippen molar-refractivity contribution in [3.63, 3.8) is 0 Å². The SMILES string of the molecule is NC(=O)NCCC1CCC(Cc2ccc(F)cc2)CN1. The molecular weight excluding hydrogens is 257 g/mol. The number of hydrogen-bond acceptors (Lipinski definition) is 2. The van der Waals surface area contributed by atoms with E-state index in [1.54, 1.807) is 0 Å². The van der Waals surface area contributed by atoms with Crippen molar-refractivity contribution in [2.45, 2.75) is 31.7 Å². The summed E-state index contributed by atoms with van der Waals surface area (Å²) in [5.74, 6) is 0.415. The van der Waals surface area contributed by atoms with Gasteiger partial charge in [0, 0.05) is 12.6 Å². The molecule has 0 bridgehead atoms. The molecule has 1 saturated heterocycles. The summed E-state index contributed by atoms with van der Waals surface area (Å²) in [4.78, 5) is 10.6. The Balaban J connectivity index is 1.68. The fourth-order valence-corrected chi connectivity index (χ4v) is 2.72. The Hall–Kier alpha value is -1.62. The number of rotatable bonds is 5. The zero-order valence-electron chi connectivity index (χ0n) is 11.6. The number of primary amides is 1. The van der Waals surface area contributed by atoms with E-state index in [1.807, 2.05) is 12.1 Å². The highest BCUT2D eigenvalue weighted by molar-refractivity contribution is 5.71. The molecule has 2 rings (SSSR count). The third kappa shape index (κ3) is 4.81. The van der Waals surface area contributed by atoms with Crippen molar-refractivity contribution in [3.8, 4) is 0 Å². The minimum atomic E-state index is -0.463. The molecule has 4 N–H and O–H groups in total. The van der Waals surface area contributed by atoms with Gasteiger partial charge in [-0.25, -0.2) is 9.18 Å². The van der Waals surface area contributed by atoms with Crippen LogP contribution in [0, 0.1) is 11.7 Å². The Morgan fingerprint density at radius 1 is 1.35 bits per heavy atom. The van der Waals surface area contributed by atoms with Crippen LogP contribution in [0.25, 0.3) is 0 Å². The molecule has 1 aromatic rings. The summed E-state index contributed by atoms with van der Waals surface area (Å²) < 4.78 is 12.8. The van der Waals surface area contributed by atoms with Crippen LogP contribution in [-0.4, -0.2) is 25.2 Å². The molecule has 0 saturated carbocycles. The summed E-state index contributed by atoms with van der Waals surface area (Å²) in [6.45, 7) is 1.59. The molecule has 1 aromatic carbocycles. The highest BCUT2D eigenvalue weighted by Crippen LogP contribution is 2.20. The predicted molar refractivity (Wildman–Crippen MR) is 76.8 cm³/mol. The van der Waals surface area contributed by atoms with Crippen LogP contribution < -0.4 is 16.4 Å². The van der Waals surface area contributed by atoms with Crippen LogP contribution in [0.1, 0.15) is 24.8 Å². The van der Waals surface area contributed by atoms with Gasteiger partial charge in [-0.3, -0.25) is 0 Å². The second-order valence-corrected chi connectivity index (χ2v) is 5.46. The van der Waals surface area contributed by atoms with Crippen molar-refractivity contribution in [2.24, 2.45) is 11.7 Å². The van der Waals surface area contributed by atoms with Gasteiger partial charge in [0.1, 0.15) is 5.82 Å². The minimum Gasteiger partial charge on any atom is -0.352 e. The monoisotopic (exact) mass is 279 g/mol. The van der Waals surface area contributed by atoms with Crippen molar-refractivity contribution in [1.82, 2.24) is 10.6 Å². The number of amides is 2. The third-order valence-corrected chi connectivity index (χ3v) is 3.85. The maximum absolute atomic E-state index is 12.8. The number of carbonyl (C=O) groups excluding carboxylic acids is 1. The molecule has 2 atom stereocenters. The molecule has 0 spiro atoms. The minimum absolute atomic E-state index is 0.183. The van der Waals surface area contributed by atoms with Crippen LogP contribution in [0.4, 0.5) is 9.18 Å². The zero-order valence-corrected chi connectivity index (χ0v) is 11.6. The first-order chi connectivity index (χ1) is 9.63. The summed E-state index contributed by atoms with van der Waals surface area (Å²) in [6.07, 6.45) is 4.16. The Morgan fingerprint density at radius 3 is 2.70 bits per heavy atom. The lowest BCUT2D eigenvalue weighted by atomic mass is 9.88. The number of urea groups is 1. The Morgan fingerprint density at radius 2 is 2.10 bits per heavy atom. The van der Waals surface area contributed by atoms with Crippen molar-refractivity contribution in [2.75, 3.05) is 13.1 Å². The van der Waals surface area contributed by atoms with E-state index >= 15 is 0 Å². The van der Waals surface area contributed by atoms with E-state index in [9.17, 15) is 9.18 Å². The van der Waals surface area contributed by atoms with Gasteiger partial charge in [-0.15, -0.1) is 0 Å². The lowest BCUT2D eigenvalue weighted by molar-refractivity contribution is 0.246. The third-order valence-electron chi connectivity index (χ3n) is 3.85. The normalized spacial score (nSPS) is 22.4. The van der Waals surface area contributed by atoms with Gasteiger partial charge in [0.25, 0.3) is 0 Å². The zero-order chi connectivity index (χ0) is 14.4. The fraction of sp³-hybridized carbons (Fsp3) is 0.533. The van der Waals surface area contributed by atoms with Gasteiger partial charge in [0.15, 0.2) is 0 Å². The summed E-state index contributed by atoms with van der Waals surface area (Å²) >= 11 is 0. The predicted octanol–water partition coefficient (Wildman–Crippen LogP) is 1.79. The molecule has 0 radical (unpaired) electrons. The molecule has 1 heterocycles. The van der Waals surface area contributed by atoms with Crippen LogP contribution >= 0.6 is 0 Å². The van der Waals surface area contributed by atoms with Gasteiger partial charge in [-0.2, -0.15) is 0 Å². The highest BCUT2D eigenvalue weighted by Gasteiger charge is 2.20. The quantitative estimate of drug-likeness (QED) is 0.769. The molecule has 0 aliphatic carbocycles. The van der Waals surface area contributed by atoms with Gasteiger partial charge in [0.2, 0.25) is 0 Å². The Kier molecular flexibility index (Phi) is 5.35. The van der Waals surface area contributed by atoms with Gasteiger partial charge >= 0.3 is 6.03 Å². The first kappa shape index (κ1) is 14.8. The summed E-state index contributed by atoms with van der Waals surface area (Å²) in [7, 11) is 0. The number of halogens is 1. The smallest absolute Gasteiger partial charge is 0.312 e. The lowest BCUT2D eigenvalue weighted by Crippen LogP contribution is -2.42. The van der Waals surface area contributed by atoms with Crippen molar-refractivity contribution in [3.05, 3.63) is 35.6 Å². The molecule has 1 fully saturated rings. The molecule has 1 aliphatic heterocycles. The van der Waals surface area contributed by atoms with Crippen molar-refractivity contribution < 1.29 is 9.18 Å². The van der Waals surface area contributed by atoms with E-state index in [2.05, 4.69) is 10.6 Å². The molecule has 1 aliphatic rings. The number of nitrogens with two attached hydrogens (primary N) is 1. The van der Waals surface area contributed by atoms with Gasteiger partial charge in [-0.05, 0) is 55.8 Å². The Labute approximate surface area is 118 Å². The first-order valence-electron chi connectivity index (χ1n) is 7.14. The van der Waals surface area contributed by atoms with E-state index in [0.29, 0.717) is 18.5 Å². The summed E-state index contributed by atoms with van der Waals surface area (Å²) in [6, 6.07) is 6.74. The van der Waals surface area contributed by atoms with Crippen LogP contribution in [-0.2, 0) is 6.42 Å². The molecule has 4 nitrogen and oxygen atoms in total. The topological polar surface area (TPSA) is 67.2 Å². The number of hydrogen-bond donors (Lipinski definition) is 3. The lowest BCUT2D eigenvalue weighted by Gasteiger charge is -2.30. The van der Waals surface area contributed by atoms with Crippen LogP contribution in [0.5, 0.6) is 0 Å². The number of benzene rings is 1. The molecule has 2 unspecified atom stereocenters. The molecule has 0 aromatic heterocycles. The fourth-order valence-electron chi connectivity index (χ4n) is 2.72. The number of nitrogens with one attached hydrogen (secondary N) is 2. The summed E-state index contributed by atoms with van der Waals surface area (Å²) in [5, 5.41) is 6.12. The maximum Gasteiger partial charge on any atom is 0.312 e. The molecule has 110 valence electrons. The Bertz CT molecular complexity index is 427. The first-order valence-corrected chi connectivity index (χ1v) is 7.14. The molecule has 20 heavy (non-hydrogen) atoms. The van der Waals surface area contributed by atoms with Crippen LogP contribution in [0.3, 0.4) is 0 Å². The number of piperidine rings is 1. The van der Waals surface area contributed by atoms with E-state index in [1.165, 1.54) is 17.7 Å². The van der Waals surface area contributed by atoms with Gasteiger partial charge in [-0.1, -0.05) is 12.1 Å². The molecule has 2 amide bonds. The van der Waals surface area contributed by atoms with Gasteiger partial charge in [0.05, 0.1) is 0 Å². The second-order valence-electron chi connectivity index (χ2n) is 5.46. The standard InChI is InChI=1S/C15H22FN3O/c16-13-4-1-11(2-5-13)9-12-3-6-14(19-10-12)7-8-18-15(17)20/h1-2,4-5,12,14,19H,3,6-10H2,(H3,17,18,20). The number of carbonyl (C=O) groups is 1. The summed E-state index contributed by atoms with van der Waals surface area (Å²) in [5.41, 5.74) is 6.22. The van der Waals surface area contributed by atoms with E-state index in [-0.39, 0.29) is 5.82 Å². The molecule has 5 heteroatoms. The maximum atomic E-state index is 12.8. The molecular formula is C15H22FN3O. The van der Waals surface area contributed by atoms with Crippen LogP contribution in [0.15, 0.2) is 24.3 Å². The van der Waals surface area contributed by atoms with Crippen molar-refractivity contribution >= 4 is 6.03 Å².